The Morgan fingerprint density at radius 2 is 1.85 bits per heavy atom. The molecular weight excluding hydrogens is 520 g/mol. The number of fused-ring (bicyclic) bond motifs is 2. The third-order valence-electron chi connectivity index (χ3n) is 7.49. The number of carbonyl (C=O) groups excluding carboxylic acids is 1. The number of hydrogen-bond acceptors (Lipinski definition) is 8. The number of aryl methyl sites for hydroxylation is 3. The molecule has 8 heteroatoms. The number of nitrogens with zero attached hydrogens (tertiary/aromatic N) is 1. The number of carbonyl (C=O) groups is 1. The molecule has 41 heavy (non-hydrogen) atoms. The van der Waals surface area contributed by atoms with Crippen molar-refractivity contribution in [1.82, 2.24) is 0 Å². The molecule has 0 spiro atoms. The predicted molar refractivity (Wildman–Crippen MR) is 155 cm³/mol. The van der Waals surface area contributed by atoms with E-state index in [0.29, 0.717) is 40.6 Å². The number of unbranched alkanes of at least 4 members (excludes halogenated alkanes) is 1. The number of rotatable bonds is 8. The van der Waals surface area contributed by atoms with E-state index in [0.717, 1.165) is 34.9 Å². The Balaban J connectivity index is 1.47. The quantitative estimate of drug-likeness (QED) is 0.141. The summed E-state index contributed by atoms with van der Waals surface area (Å²) in [5, 5.41) is 10.8. The number of furan rings is 1. The lowest BCUT2D eigenvalue weighted by Gasteiger charge is -2.27. The van der Waals surface area contributed by atoms with Gasteiger partial charge in [0, 0.05) is 22.6 Å². The van der Waals surface area contributed by atoms with E-state index in [4.69, 9.17) is 29.1 Å². The van der Waals surface area contributed by atoms with Gasteiger partial charge in [0.1, 0.15) is 28.7 Å². The van der Waals surface area contributed by atoms with E-state index in [1.807, 2.05) is 51.1 Å². The third-order valence-corrected chi connectivity index (χ3v) is 7.49. The average Bonchev–Trinajstić information content (AvgIpc) is 3.31. The van der Waals surface area contributed by atoms with Crippen molar-refractivity contribution in [2.24, 2.45) is 5.73 Å². The van der Waals surface area contributed by atoms with Crippen LogP contribution >= 0.6 is 0 Å². The summed E-state index contributed by atoms with van der Waals surface area (Å²) in [5.41, 5.74) is 11.4. The van der Waals surface area contributed by atoms with Gasteiger partial charge in [-0.05, 0) is 62.1 Å². The van der Waals surface area contributed by atoms with E-state index < -0.39 is 11.9 Å². The Morgan fingerprint density at radius 3 is 2.59 bits per heavy atom. The first-order chi connectivity index (χ1) is 19.8. The molecule has 1 unspecified atom stereocenters. The van der Waals surface area contributed by atoms with Gasteiger partial charge >= 0.3 is 5.97 Å². The summed E-state index contributed by atoms with van der Waals surface area (Å²) in [6.07, 6.45) is 1.95. The Kier molecular flexibility index (Phi) is 7.62. The molecule has 210 valence electrons. The first kappa shape index (κ1) is 27.7. The fourth-order valence-corrected chi connectivity index (χ4v) is 5.02. The van der Waals surface area contributed by atoms with Crippen LogP contribution < -0.4 is 24.7 Å². The topological polar surface area (TPSA) is 117 Å². The van der Waals surface area contributed by atoms with Gasteiger partial charge in [0.25, 0.3) is 0 Å². The van der Waals surface area contributed by atoms with Crippen LogP contribution in [0.4, 0.5) is 0 Å². The molecule has 0 bridgehead atoms. The fourth-order valence-electron chi connectivity index (χ4n) is 5.02. The highest BCUT2D eigenvalue weighted by Gasteiger charge is 2.32. The van der Waals surface area contributed by atoms with Crippen molar-refractivity contribution in [2.45, 2.75) is 46.5 Å². The Labute approximate surface area is 238 Å². The fraction of sp³-hybridized carbons (Fsp3) is 0.273. The maximum atomic E-state index is 13.2. The Bertz CT molecular complexity index is 1730. The molecule has 0 fully saturated rings. The molecule has 5 rings (SSSR count). The number of esters is 1. The van der Waals surface area contributed by atoms with Gasteiger partial charge in [-0.1, -0.05) is 37.6 Å². The van der Waals surface area contributed by atoms with Gasteiger partial charge < -0.3 is 29.1 Å². The Hall–Kier alpha value is -4.90. The van der Waals surface area contributed by atoms with Crippen molar-refractivity contribution in [3.05, 3.63) is 93.6 Å². The lowest BCUT2D eigenvalue weighted by atomic mass is 9.83. The molecule has 3 aromatic carbocycles. The summed E-state index contributed by atoms with van der Waals surface area (Å²) < 4.78 is 28.9. The molecule has 0 saturated heterocycles. The summed E-state index contributed by atoms with van der Waals surface area (Å²) in [6, 6.07) is 16.7. The van der Waals surface area contributed by atoms with Crippen LogP contribution in [-0.2, 0) is 0 Å². The summed E-state index contributed by atoms with van der Waals surface area (Å²) >= 11 is 0. The van der Waals surface area contributed by atoms with Crippen LogP contribution in [0.25, 0.3) is 11.0 Å². The minimum atomic E-state index is -0.618. The molecule has 0 radical (unpaired) electrons. The molecule has 1 atom stereocenters. The summed E-state index contributed by atoms with van der Waals surface area (Å²) in [5.74, 6) is 0.807. The second-order valence-corrected chi connectivity index (χ2v) is 10.1. The summed E-state index contributed by atoms with van der Waals surface area (Å²) in [6.45, 7) is 8.47. The highest BCUT2D eigenvalue weighted by molar-refractivity contribution is 5.98. The van der Waals surface area contributed by atoms with Gasteiger partial charge in [-0.2, -0.15) is 5.26 Å². The number of nitrogens with two attached hydrogens (primary N) is 1. The minimum absolute atomic E-state index is 0.0188. The van der Waals surface area contributed by atoms with Crippen LogP contribution in [0.3, 0.4) is 0 Å². The largest absolute Gasteiger partial charge is 0.493 e. The van der Waals surface area contributed by atoms with Crippen molar-refractivity contribution in [3.8, 4) is 29.1 Å². The SMILES string of the molecule is CCCCOc1ccc(C2C(C#N)=C(N)Oc3cc(OC(=O)c4oc5c(C)c(C)ccc5c4C)ccc32)cc1OC. The van der Waals surface area contributed by atoms with Gasteiger partial charge in [-0.25, -0.2) is 4.79 Å². The molecule has 1 aromatic heterocycles. The average molecular weight is 553 g/mol. The van der Waals surface area contributed by atoms with Crippen molar-refractivity contribution in [3.63, 3.8) is 0 Å². The molecule has 0 saturated carbocycles. The van der Waals surface area contributed by atoms with Crippen molar-refractivity contribution >= 4 is 16.9 Å². The standard InChI is InChI=1S/C33H32N2O6/c1-6-7-14-38-26-13-9-21(15-28(26)37-5)29-24-12-10-22(16-27(24)40-32(35)25(29)17-34)39-33(36)31-20(4)23-11-8-18(2)19(3)30(23)41-31/h8-13,15-16,29H,6-7,14,35H2,1-5H3. The van der Waals surface area contributed by atoms with Gasteiger partial charge in [0.2, 0.25) is 11.6 Å². The van der Waals surface area contributed by atoms with E-state index in [9.17, 15) is 10.1 Å². The second kappa shape index (κ2) is 11.3. The number of nitriles is 1. The maximum Gasteiger partial charge on any atom is 0.379 e. The number of allylic oxidation sites excluding steroid dienone is 1. The molecule has 2 N–H and O–H groups in total. The van der Waals surface area contributed by atoms with Crippen LogP contribution in [0, 0.1) is 32.1 Å². The van der Waals surface area contributed by atoms with Crippen LogP contribution in [-0.4, -0.2) is 19.7 Å². The molecular formula is C33H32N2O6. The van der Waals surface area contributed by atoms with E-state index >= 15 is 0 Å². The van der Waals surface area contributed by atoms with Crippen LogP contribution in [0.1, 0.15) is 64.1 Å². The molecule has 0 aliphatic carbocycles. The third kappa shape index (κ3) is 5.07. The molecule has 8 nitrogen and oxygen atoms in total. The van der Waals surface area contributed by atoms with Crippen molar-refractivity contribution in [2.75, 3.05) is 13.7 Å². The van der Waals surface area contributed by atoms with E-state index in [1.165, 1.54) is 0 Å². The molecule has 1 aliphatic heterocycles. The zero-order valence-electron chi connectivity index (χ0n) is 23.8. The number of ether oxygens (including phenoxy) is 4. The van der Waals surface area contributed by atoms with Gasteiger partial charge in [0.05, 0.1) is 19.6 Å². The van der Waals surface area contributed by atoms with E-state index in [-0.39, 0.29) is 23.0 Å². The Morgan fingerprint density at radius 1 is 1.05 bits per heavy atom. The van der Waals surface area contributed by atoms with Gasteiger partial charge in [0.15, 0.2) is 11.5 Å². The highest BCUT2D eigenvalue weighted by atomic mass is 16.5. The lowest BCUT2D eigenvalue weighted by molar-refractivity contribution is 0.0702. The van der Waals surface area contributed by atoms with Gasteiger partial charge in [-0.3, -0.25) is 0 Å². The normalized spacial score (nSPS) is 14.3. The smallest absolute Gasteiger partial charge is 0.379 e. The number of hydrogen-bond donors (Lipinski definition) is 1. The van der Waals surface area contributed by atoms with Gasteiger partial charge in [-0.15, -0.1) is 0 Å². The lowest BCUT2D eigenvalue weighted by Crippen LogP contribution is -2.21. The first-order valence-corrected chi connectivity index (χ1v) is 13.5. The van der Waals surface area contributed by atoms with E-state index in [1.54, 1.807) is 25.3 Å². The number of methoxy groups -OCH3 is 1. The van der Waals surface area contributed by atoms with Crippen molar-refractivity contribution < 1.29 is 28.2 Å². The number of benzene rings is 3. The molecule has 4 aromatic rings. The van der Waals surface area contributed by atoms with Crippen LogP contribution in [0.2, 0.25) is 0 Å². The zero-order valence-corrected chi connectivity index (χ0v) is 23.8. The molecule has 1 aliphatic rings. The second-order valence-electron chi connectivity index (χ2n) is 10.1. The monoisotopic (exact) mass is 552 g/mol. The minimum Gasteiger partial charge on any atom is -0.493 e. The highest BCUT2D eigenvalue weighted by Crippen LogP contribution is 2.45. The maximum absolute atomic E-state index is 13.2. The molecule has 0 amide bonds. The summed E-state index contributed by atoms with van der Waals surface area (Å²) in [7, 11) is 1.58. The predicted octanol–water partition coefficient (Wildman–Crippen LogP) is 6.98. The van der Waals surface area contributed by atoms with Crippen LogP contribution in [0.15, 0.2) is 64.4 Å². The van der Waals surface area contributed by atoms with Crippen LogP contribution in [0.5, 0.6) is 23.0 Å². The van der Waals surface area contributed by atoms with E-state index in [2.05, 4.69) is 13.0 Å². The molecule has 2 heterocycles. The first-order valence-electron chi connectivity index (χ1n) is 13.5. The zero-order chi connectivity index (χ0) is 29.3. The summed E-state index contributed by atoms with van der Waals surface area (Å²) in [4.78, 5) is 13.2. The van der Waals surface area contributed by atoms with Crippen molar-refractivity contribution in [1.29, 1.82) is 5.26 Å².